The van der Waals surface area contributed by atoms with Gasteiger partial charge in [0.05, 0.1) is 11.8 Å². The zero-order valence-corrected chi connectivity index (χ0v) is 11.1. The first-order valence-electron chi connectivity index (χ1n) is 5.97. The van der Waals surface area contributed by atoms with E-state index in [1.54, 1.807) is 13.8 Å². The van der Waals surface area contributed by atoms with E-state index in [-0.39, 0.29) is 5.69 Å². The maximum Gasteiger partial charge on any atom is 0.449 e. The summed E-state index contributed by atoms with van der Waals surface area (Å²) >= 11 is 0. The van der Waals surface area contributed by atoms with Gasteiger partial charge >= 0.3 is 5.76 Å². The molecular weight excluding hydrogens is 284 g/mol. The summed E-state index contributed by atoms with van der Waals surface area (Å²) in [4.78, 5) is 23.4. The second-order valence-corrected chi connectivity index (χ2v) is 4.61. The Morgan fingerprint density at radius 3 is 2.48 bits per heavy atom. The number of rotatable bonds is 1. The molecule has 0 saturated carbocycles. The van der Waals surface area contributed by atoms with Crippen molar-refractivity contribution in [3.05, 3.63) is 62.0 Å². The monoisotopic (exact) mass is 293 g/mol. The zero-order valence-electron chi connectivity index (χ0n) is 11.1. The summed E-state index contributed by atoms with van der Waals surface area (Å²) in [5, 5.41) is 3.34. The van der Waals surface area contributed by atoms with E-state index in [2.05, 4.69) is 9.68 Å². The number of aromatic nitrogens is 3. The summed E-state index contributed by atoms with van der Waals surface area (Å²) in [6.07, 6.45) is 0. The Morgan fingerprint density at radius 1 is 1.10 bits per heavy atom. The average Bonchev–Trinajstić information content (AvgIpc) is 2.78. The molecule has 0 amide bonds. The van der Waals surface area contributed by atoms with Gasteiger partial charge in [-0.15, -0.1) is 0 Å². The molecule has 3 rings (SSSR count). The van der Waals surface area contributed by atoms with Crippen LogP contribution in [-0.4, -0.2) is 14.1 Å². The molecular formula is C13H9F2N3O3. The van der Waals surface area contributed by atoms with Crippen molar-refractivity contribution < 1.29 is 13.3 Å². The Kier molecular flexibility index (Phi) is 2.75. The van der Waals surface area contributed by atoms with Crippen LogP contribution in [0.2, 0.25) is 0 Å². The number of halogens is 2. The molecule has 8 heteroatoms. The third-order valence-electron chi connectivity index (χ3n) is 3.27. The highest BCUT2D eigenvalue weighted by Crippen LogP contribution is 2.18. The van der Waals surface area contributed by atoms with Crippen molar-refractivity contribution in [1.29, 1.82) is 0 Å². The number of hydrogen-bond acceptors (Lipinski definition) is 4. The molecule has 2 heterocycles. The van der Waals surface area contributed by atoms with Gasteiger partial charge < -0.3 is 0 Å². The molecule has 0 bridgehead atoms. The van der Waals surface area contributed by atoms with Crippen LogP contribution in [0.4, 0.5) is 8.78 Å². The van der Waals surface area contributed by atoms with Crippen LogP contribution in [-0.2, 0) is 0 Å². The summed E-state index contributed by atoms with van der Waals surface area (Å²) in [7, 11) is 0. The average molecular weight is 293 g/mol. The predicted molar refractivity (Wildman–Crippen MR) is 68.7 cm³/mol. The van der Waals surface area contributed by atoms with Crippen LogP contribution in [0.1, 0.15) is 11.1 Å². The van der Waals surface area contributed by atoms with Crippen molar-refractivity contribution in [3.63, 3.8) is 0 Å². The fourth-order valence-corrected chi connectivity index (χ4v) is 2.06. The highest BCUT2D eigenvalue weighted by molar-refractivity contribution is 5.47. The SMILES string of the molecule is Cc1cc(F)c(-n2c(=O)cc(F)n3c(=O)onc23)cc1C. The first kappa shape index (κ1) is 13.2. The van der Waals surface area contributed by atoms with Crippen molar-refractivity contribution in [2.45, 2.75) is 13.8 Å². The highest BCUT2D eigenvalue weighted by atomic mass is 19.1. The van der Waals surface area contributed by atoms with Gasteiger partial charge in [-0.05, 0) is 42.3 Å². The summed E-state index contributed by atoms with van der Waals surface area (Å²) in [6.45, 7) is 3.45. The van der Waals surface area contributed by atoms with Gasteiger partial charge in [0, 0.05) is 0 Å². The molecule has 0 unspecified atom stereocenters. The molecule has 0 fully saturated rings. The van der Waals surface area contributed by atoms with E-state index in [0.717, 1.165) is 10.1 Å². The van der Waals surface area contributed by atoms with Gasteiger partial charge in [-0.2, -0.15) is 8.79 Å². The summed E-state index contributed by atoms with van der Waals surface area (Å²) in [5.41, 5.74) is 0.434. The van der Waals surface area contributed by atoms with Crippen LogP contribution < -0.4 is 11.3 Å². The first-order chi connectivity index (χ1) is 9.90. The Balaban J connectivity index is 2.49. The Hall–Kier alpha value is -2.77. The standard InChI is InChI=1S/C13H9F2N3O3/c1-6-3-8(14)9(4-7(6)2)17-11(19)5-10(15)18-12(17)16-21-13(18)20/h3-5H,1-2H3. The zero-order chi connectivity index (χ0) is 15.3. The normalized spacial score (nSPS) is 11.2. The lowest BCUT2D eigenvalue weighted by molar-refractivity contribution is 0.381. The molecule has 0 aliphatic carbocycles. The van der Waals surface area contributed by atoms with Crippen molar-refractivity contribution in [3.8, 4) is 5.69 Å². The van der Waals surface area contributed by atoms with Crippen LogP contribution >= 0.6 is 0 Å². The molecule has 21 heavy (non-hydrogen) atoms. The summed E-state index contributed by atoms with van der Waals surface area (Å²) < 4.78 is 33.4. The minimum Gasteiger partial charge on any atom is -0.293 e. The lowest BCUT2D eigenvalue weighted by Crippen LogP contribution is -2.25. The van der Waals surface area contributed by atoms with E-state index in [4.69, 9.17) is 0 Å². The lowest BCUT2D eigenvalue weighted by atomic mass is 10.1. The van der Waals surface area contributed by atoms with Crippen molar-refractivity contribution in [1.82, 2.24) is 14.1 Å². The smallest absolute Gasteiger partial charge is 0.293 e. The van der Waals surface area contributed by atoms with Gasteiger partial charge in [-0.1, -0.05) is 0 Å². The number of benzene rings is 1. The minimum absolute atomic E-state index is 0.131. The maximum absolute atomic E-state index is 14.1. The second-order valence-electron chi connectivity index (χ2n) is 4.61. The minimum atomic E-state index is -1.12. The van der Waals surface area contributed by atoms with E-state index in [0.29, 0.717) is 16.0 Å². The van der Waals surface area contributed by atoms with Crippen molar-refractivity contribution >= 4 is 5.78 Å². The Labute approximate surface area is 115 Å². The first-order valence-corrected chi connectivity index (χ1v) is 5.97. The maximum atomic E-state index is 14.1. The van der Waals surface area contributed by atoms with Gasteiger partial charge in [-0.25, -0.2) is 13.8 Å². The quantitative estimate of drug-likeness (QED) is 0.635. The lowest BCUT2D eigenvalue weighted by Gasteiger charge is -2.10. The molecule has 108 valence electrons. The number of fused-ring (bicyclic) bond motifs is 1. The van der Waals surface area contributed by atoms with Crippen LogP contribution in [0, 0.1) is 25.6 Å². The van der Waals surface area contributed by atoms with E-state index < -0.39 is 28.9 Å². The number of hydrogen-bond donors (Lipinski definition) is 0. The molecule has 6 nitrogen and oxygen atoms in total. The fraction of sp³-hybridized carbons (Fsp3) is 0.154. The largest absolute Gasteiger partial charge is 0.449 e. The second kappa shape index (κ2) is 4.37. The Morgan fingerprint density at radius 2 is 1.76 bits per heavy atom. The van der Waals surface area contributed by atoms with Gasteiger partial charge in [0.1, 0.15) is 5.82 Å². The fourth-order valence-electron chi connectivity index (χ4n) is 2.06. The number of nitrogens with zero attached hydrogens (tertiary/aromatic N) is 3. The van der Waals surface area contributed by atoms with Crippen molar-refractivity contribution in [2.24, 2.45) is 0 Å². The Bertz CT molecular complexity index is 985. The third kappa shape index (κ3) is 1.87. The van der Waals surface area contributed by atoms with E-state index in [1.807, 2.05) is 0 Å². The molecule has 0 radical (unpaired) electrons. The van der Waals surface area contributed by atoms with Crippen LogP contribution in [0.25, 0.3) is 11.5 Å². The van der Waals surface area contributed by atoms with Crippen LogP contribution in [0.5, 0.6) is 0 Å². The molecule has 1 aromatic carbocycles. The highest BCUT2D eigenvalue weighted by Gasteiger charge is 2.18. The van der Waals surface area contributed by atoms with E-state index >= 15 is 0 Å². The molecule has 0 aliphatic rings. The molecule has 0 saturated heterocycles. The van der Waals surface area contributed by atoms with E-state index in [9.17, 15) is 18.4 Å². The molecule has 0 atom stereocenters. The van der Waals surface area contributed by atoms with Crippen molar-refractivity contribution in [2.75, 3.05) is 0 Å². The van der Waals surface area contributed by atoms with E-state index in [1.165, 1.54) is 12.1 Å². The van der Waals surface area contributed by atoms with Gasteiger partial charge in [0.25, 0.3) is 11.3 Å². The van der Waals surface area contributed by atoms with Gasteiger partial charge in [-0.3, -0.25) is 9.32 Å². The van der Waals surface area contributed by atoms with Gasteiger partial charge in [0.15, 0.2) is 0 Å². The van der Waals surface area contributed by atoms with Crippen LogP contribution in [0.15, 0.2) is 32.3 Å². The molecule has 0 N–H and O–H groups in total. The van der Waals surface area contributed by atoms with Crippen LogP contribution in [0.3, 0.4) is 0 Å². The number of aryl methyl sites for hydroxylation is 2. The summed E-state index contributed by atoms with van der Waals surface area (Å²) in [6, 6.07) is 3.23. The topological polar surface area (TPSA) is 69.5 Å². The summed E-state index contributed by atoms with van der Waals surface area (Å²) in [5.74, 6) is -3.33. The molecule has 2 aromatic heterocycles. The predicted octanol–water partition coefficient (Wildman–Crippen LogP) is 1.33. The molecule has 3 aromatic rings. The van der Waals surface area contributed by atoms with Gasteiger partial charge in [0.2, 0.25) is 5.95 Å². The molecule has 0 spiro atoms. The third-order valence-corrected chi connectivity index (χ3v) is 3.27. The molecule has 0 aliphatic heterocycles.